The van der Waals surface area contributed by atoms with E-state index in [-0.39, 0.29) is 5.56 Å². The molecule has 2 aromatic heterocycles. The molecule has 0 aliphatic rings. The molecule has 0 atom stereocenters. The van der Waals surface area contributed by atoms with Crippen LogP contribution in [0.4, 0.5) is 0 Å². The van der Waals surface area contributed by atoms with E-state index in [9.17, 15) is 4.79 Å². The van der Waals surface area contributed by atoms with E-state index in [2.05, 4.69) is 21.3 Å². The van der Waals surface area contributed by atoms with Gasteiger partial charge in [-0.3, -0.25) is 4.79 Å². The van der Waals surface area contributed by atoms with Crippen LogP contribution in [0.15, 0.2) is 59.4 Å². The summed E-state index contributed by atoms with van der Waals surface area (Å²) in [5.74, 6) is 0. The number of benzene rings is 2. The van der Waals surface area contributed by atoms with Crippen molar-refractivity contribution in [1.29, 1.82) is 0 Å². The highest BCUT2D eigenvalue weighted by atomic mass is 16.1. The van der Waals surface area contributed by atoms with Gasteiger partial charge in [0.25, 0.3) is 0 Å². The molecule has 4 heteroatoms. The Kier molecular flexibility index (Phi) is 2.54. The van der Waals surface area contributed by atoms with Crippen LogP contribution in [-0.4, -0.2) is 15.0 Å². The lowest BCUT2D eigenvalue weighted by atomic mass is 10.0. The summed E-state index contributed by atoms with van der Waals surface area (Å²) in [5, 5.41) is 1.95. The van der Waals surface area contributed by atoms with Gasteiger partial charge in [0.15, 0.2) is 6.33 Å². The Labute approximate surface area is 120 Å². The maximum atomic E-state index is 11.3. The Hall–Kier alpha value is -3.01. The zero-order valence-electron chi connectivity index (χ0n) is 11.0. The first-order valence-electron chi connectivity index (χ1n) is 6.57. The second-order valence-electron chi connectivity index (χ2n) is 4.81. The average molecular weight is 272 g/mol. The predicted molar refractivity (Wildman–Crippen MR) is 81.9 cm³/mol. The van der Waals surface area contributed by atoms with Crippen molar-refractivity contribution < 1.29 is 0 Å². The molecule has 2 heterocycles. The maximum absolute atomic E-state index is 11.3. The van der Waals surface area contributed by atoms with Crippen LogP contribution in [0.5, 0.6) is 0 Å². The molecule has 1 N–H and O–H groups in total. The van der Waals surface area contributed by atoms with Crippen molar-refractivity contribution in [3.05, 3.63) is 71.3 Å². The second kappa shape index (κ2) is 4.52. The van der Waals surface area contributed by atoms with Crippen LogP contribution in [0.2, 0.25) is 0 Å². The number of H-pyrrole nitrogens is 1. The lowest BCUT2D eigenvalue weighted by molar-refractivity contribution is 1.20. The molecule has 0 bridgehead atoms. The lowest BCUT2D eigenvalue weighted by Gasteiger charge is -2.06. The highest BCUT2D eigenvalue weighted by Gasteiger charge is 2.07. The summed E-state index contributed by atoms with van der Waals surface area (Å²) in [6.45, 7) is 0. The molecule has 0 spiro atoms. The van der Waals surface area contributed by atoms with Crippen molar-refractivity contribution in [1.82, 2.24) is 15.0 Å². The highest BCUT2D eigenvalue weighted by Crippen LogP contribution is 2.26. The fourth-order valence-electron chi connectivity index (χ4n) is 2.48. The number of rotatable bonds is 1. The summed E-state index contributed by atoms with van der Waals surface area (Å²) in [7, 11) is 0. The van der Waals surface area contributed by atoms with Crippen molar-refractivity contribution >= 4 is 21.8 Å². The molecule has 4 rings (SSSR count). The summed E-state index contributed by atoms with van der Waals surface area (Å²) < 4.78 is 0. The Bertz CT molecular complexity index is 1020. The number of para-hydroxylation sites is 1. The summed E-state index contributed by atoms with van der Waals surface area (Å²) in [4.78, 5) is 22.6. The molecule has 1 radical (unpaired) electrons. The number of aromatic nitrogens is 3. The van der Waals surface area contributed by atoms with Crippen molar-refractivity contribution in [2.75, 3.05) is 0 Å². The summed E-state index contributed by atoms with van der Waals surface area (Å²) in [6.07, 6.45) is 2.70. The van der Waals surface area contributed by atoms with Gasteiger partial charge in [-0.25, -0.2) is 9.97 Å². The highest BCUT2D eigenvalue weighted by molar-refractivity contribution is 5.94. The molecule has 0 saturated carbocycles. The van der Waals surface area contributed by atoms with Crippen LogP contribution in [-0.2, 0) is 0 Å². The van der Waals surface area contributed by atoms with Crippen LogP contribution in [0, 0.1) is 6.33 Å². The van der Waals surface area contributed by atoms with E-state index in [1.54, 1.807) is 0 Å². The van der Waals surface area contributed by atoms with E-state index in [0.717, 1.165) is 33.1 Å². The summed E-state index contributed by atoms with van der Waals surface area (Å²) in [5.41, 5.74) is 3.40. The Morgan fingerprint density at radius 2 is 1.86 bits per heavy atom. The van der Waals surface area contributed by atoms with Gasteiger partial charge < -0.3 is 4.98 Å². The maximum Gasteiger partial charge on any atom is 0.248 e. The Morgan fingerprint density at radius 1 is 0.952 bits per heavy atom. The smallest absolute Gasteiger partial charge is 0.248 e. The fourth-order valence-corrected chi connectivity index (χ4v) is 2.48. The minimum absolute atomic E-state index is 0.101. The third kappa shape index (κ3) is 1.97. The van der Waals surface area contributed by atoms with Crippen LogP contribution in [0.3, 0.4) is 0 Å². The summed E-state index contributed by atoms with van der Waals surface area (Å²) in [6, 6.07) is 17.0. The number of nitrogens with zero attached hydrogens (tertiary/aromatic N) is 2. The number of pyridine rings is 1. The van der Waals surface area contributed by atoms with E-state index < -0.39 is 0 Å². The first-order valence-corrected chi connectivity index (χ1v) is 6.57. The standard InChI is InChI=1S/C17H10N3O/c21-16-8-6-11-9-12(5-7-14(11)20-16)17-13-3-1-2-4-15(13)18-10-19-17/h1-9H,(H,20,21). The molecule has 0 amide bonds. The minimum Gasteiger partial charge on any atom is -0.322 e. The van der Waals surface area contributed by atoms with Gasteiger partial charge in [-0.2, -0.15) is 0 Å². The van der Waals surface area contributed by atoms with Crippen molar-refractivity contribution in [2.45, 2.75) is 0 Å². The largest absolute Gasteiger partial charge is 0.322 e. The molecule has 0 saturated heterocycles. The summed E-state index contributed by atoms with van der Waals surface area (Å²) >= 11 is 0. The molecule has 4 aromatic rings. The van der Waals surface area contributed by atoms with E-state index in [0.29, 0.717) is 0 Å². The SMILES string of the molecule is O=c1ccc2cc(-c3n[c]nc4ccccc34)ccc2[nH]1. The van der Waals surface area contributed by atoms with Gasteiger partial charge in [0.05, 0.1) is 11.2 Å². The van der Waals surface area contributed by atoms with E-state index in [1.165, 1.54) is 6.07 Å². The monoisotopic (exact) mass is 272 g/mol. The number of hydrogen-bond acceptors (Lipinski definition) is 3. The molecule has 2 aromatic carbocycles. The zero-order chi connectivity index (χ0) is 14.2. The molecule has 4 nitrogen and oxygen atoms in total. The van der Waals surface area contributed by atoms with Gasteiger partial charge in [0.2, 0.25) is 5.56 Å². The average Bonchev–Trinajstić information content (AvgIpc) is 2.54. The van der Waals surface area contributed by atoms with E-state index in [1.807, 2.05) is 48.5 Å². The van der Waals surface area contributed by atoms with Gasteiger partial charge in [-0.1, -0.05) is 24.3 Å². The van der Waals surface area contributed by atoms with Crippen molar-refractivity contribution in [3.63, 3.8) is 0 Å². The Balaban J connectivity index is 2.00. The molecule has 0 aliphatic heterocycles. The van der Waals surface area contributed by atoms with Crippen LogP contribution in [0.25, 0.3) is 33.1 Å². The molecular formula is C17H10N3O. The van der Waals surface area contributed by atoms with Gasteiger partial charge in [0, 0.05) is 22.5 Å². The molecule has 0 aliphatic carbocycles. The van der Waals surface area contributed by atoms with Gasteiger partial charge in [-0.05, 0) is 29.7 Å². The van der Waals surface area contributed by atoms with Gasteiger partial charge >= 0.3 is 0 Å². The van der Waals surface area contributed by atoms with Gasteiger partial charge in [0.1, 0.15) is 0 Å². The Morgan fingerprint density at radius 3 is 2.81 bits per heavy atom. The van der Waals surface area contributed by atoms with E-state index in [4.69, 9.17) is 0 Å². The van der Waals surface area contributed by atoms with Crippen molar-refractivity contribution in [3.8, 4) is 11.3 Å². The number of nitrogens with one attached hydrogen (secondary N) is 1. The topological polar surface area (TPSA) is 58.6 Å². The lowest BCUT2D eigenvalue weighted by Crippen LogP contribution is -2.02. The van der Waals surface area contributed by atoms with Gasteiger partial charge in [-0.15, -0.1) is 0 Å². The van der Waals surface area contributed by atoms with E-state index >= 15 is 0 Å². The van der Waals surface area contributed by atoms with Crippen LogP contribution in [0.1, 0.15) is 0 Å². The second-order valence-corrected chi connectivity index (χ2v) is 4.81. The quantitative estimate of drug-likeness (QED) is 0.579. The third-order valence-electron chi connectivity index (χ3n) is 3.49. The molecule has 0 fully saturated rings. The number of aromatic amines is 1. The predicted octanol–water partition coefficient (Wildman–Crippen LogP) is 2.94. The minimum atomic E-state index is -0.101. The normalized spacial score (nSPS) is 11.0. The molecule has 0 unspecified atom stereocenters. The molecule has 21 heavy (non-hydrogen) atoms. The third-order valence-corrected chi connectivity index (χ3v) is 3.49. The zero-order valence-corrected chi connectivity index (χ0v) is 11.0. The first-order chi connectivity index (χ1) is 10.3. The van der Waals surface area contributed by atoms with Crippen molar-refractivity contribution in [2.24, 2.45) is 0 Å². The molecular weight excluding hydrogens is 262 g/mol. The first kappa shape index (κ1) is 11.8. The molecule has 99 valence electrons. The number of fused-ring (bicyclic) bond motifs is 2. The van der Waals surface area contributed by atoms with Crippen LogP contribution < -0.4 is 5.56 Å². The number of hydrogen-bond donors (Lipinski definition) is 1. The fraction of sp³-hybridized carbons (Fsp3) is 0. The van der Waals surface area contributed by atoms with Crippen LogP contribution >= 0.6 is 0 Å².